The molecule has 0 bridgehead atoms. The van der Waals surface area contributed by atoms with Crippen LogP contribution in [0.25, 0.3) is 11.5 Å². The van der Waals surface area contributed by atoms with E-state index in [1.165, 1.54) is 45.2 Å². The van der Waals surface area contributed by atoms with Crippen LogP contribution in [-0.4, -0.2) is 44.1 Å². The molecule has 0 radical (unpaired) electrons. The smallest absolute Gasteiger partial charge is 0.158 e. The van der Waals surface area contributed by atoms with E-state index >= 15 is 0 Å². The molecule has 1 atom stereocenters. The van der Waals surface area contributed by atoms with Gasteiger partial charge in [0.2, 0.25) is 0 Å². The minimum Gasteiger partial charge on any atom is -0.339 e. The number of aromatic amines is 1. The molecule has 0 spiro atoms. The molecular formula is C18H29N5. The van der Waals surface area contributed by atoms with Gasteiger partial charge in [-0.15, -0.1) is 0 Å². The average Bonchev–Trinajstić information content (AvgIpc) is 3.22. The lowest BCUT2D eigenvalue weighted by Gasteiger charge is -2.33. The normalized spacial score (nSPS) is 19.3. The number of piperidine rings is 1. The van der Waals surface area contributed by atoms with Crippen molar-refractivity contribution in [2.45, 2.75) is 58.4 Å². The van der Waals surface area contributed by atoms with Crippen molar-refractivity contribution in [3.8, 4) is 11.5 Å². The highest BCUT2D eigenvalue weighted by Crippen LogP contribution is 2.26. The van der Waals surface area contributed by atoms with Gasteiger partial charge in [0.1, 0.15) is 11.5 Å². The number of hydrogen-bond donors (Lipinski definition) is 1. The van der Waals surface area contributed by atoms with Crippen molar-refractivity contribution in [1.29, 1.82) is 0 Å². The monoisotopic (exact) mass is 315 g/mol. The quantitative estimate of drug-likeness (QED) is 0.848. The number of nitrogens with zero attached hydrogens (tertiary/aromatic N) is 4. The summed E-state index contributed by atoms with van der Waals surface area (Å²) in [6, 6.07) is 0.523. The molecule has 126 valence electrons. The Bertz CT molecular complexity index is 598. The van der Waals surface area contributed by atoms with Gasteiger partial charge in [-0.2, -0.15) is 0 Å². The summed E-state index contributed by atoms with van der Waals surface area (Å²) < 4.78 is 2.35. The molecule has 3 heterocycles. The van der Waals surface area contributed by atoms with E-state index in [1.54, 1.807) is 0 Å². The molecule has 1 fully saturated rings. The first-order chi connectivity index (χ1) is 11.3. The largest absolute Gasteiger partial charge is 0.339 e. The van der Waals surface area contributed by atoms with Crippen molar-refractivity contribution in [3.63, 3.8) is 0 Å². The number of imidazole rings is 2. The highest BCUT2D eigenvalue weighted by molar-refractivity contribution is 5.49. The van der Waals surface area contributed by atoms with E-state index in [-0.39, 0.29) is 0 Å². The third-order valence-corrected chi connectivity index (χ3v) is 4.72. The van der Waals surface area contributed by atoms with Gasteiger partial charge in [-0.25, -0.2) is 9.97 Å². The second kappa shape index (κ2) is 7.77. The zero-order valence-electron chi connectivity index (χ0n) is 14.5. The van der Waals surface area contributed by atoms with Crippen molar-refractivity contribution in [2.75, 3.05) is 19.6 Å². The Kier molecular flexibility index (Phi) is 5.49. The Morgan fingerprint density at radius 3 is 3.00 bits per heavy atom. The molecule has 0 amide bonds. The molecule has 2 aromatic heterocycles. The summed E-state index contributed by atoms with van der Waals surface area (Å²) in [7, 11) is 0. The van der Waals surface area contributed by atoms with E-state index in [2.05, 4.69) is 44.5 Å². The summed E-state index contributed by atoms with van der Waals surface area (Å²) in [4.78, 5) is 15.2. The van der Waals surface area contributed by atoms with Crippen LogP contribution in [0.2, 0.25) is 0 Å². The van der Waals surface area contributed by atoms with Crippen molar-refractivity contribution >= 4 is 0 Å². The Morgan fingerprint density at radius 1 is 1.26 bits per heavy atom. The summed E-state index contributed by atoms with van der Waals surface area (Å²) in [5.74, 6) is 2.11. The van der Waals surface area contributed by atoms with E-state index in [0.717, 1.165) is 30.3 Å². The number of nitrogens with one attached hydrogen (secondary N) is 1. The molecule has 1 aliphatic heterocycles. The maximum Gasteiger partial charge on any atom is 0.158 e. The molecule has 1 aliphatic rings. The van der Waals surface area contributed by atoms with Crippen LogP contribution in [0.5, 0.6) is 0 Å². The van der Waals surface area contributed by atoms with Gasteiger partial charge in [0.25, 0.3) is 0 Å². The van der Waals surface area contributed by atoms with Gasteiger partial charge in [0.15, 0.2) is 5.82 Å². The Morgan fingerprint density at radius 2 is 2.17 bits per heavy atom. The fourth-order valence-corrected chi connectivity index (χ4v) is 3.54. The molecular weight excluding hydrogens is 286 g/mol. The predicted octanol–water partition coefficient (Wildman–Crippen LogP) is 3.66. The van der Waals surface area contributed by atoms with Gasteiger partial charge >= 0.3 is 0 Å². The van der Waals surface area contributed by atoms with Gasteiger partial charge in [-0.3, -0.25) is 0 Å². The first kappa shape index (κ1) is 16.2. The van der Waals surface area contributed by atoms with Gasteiger partial charge < -0.3 is 14.5 Å². The predicted molar refractivity (Wildman–Crippen MR) is 93.4 cm³/mol. The zero-order chi connectivity index (χ0) is 16.1. The van der Waals surface area contributed by atoms with Crippen LogP contribution in [0.1, 0.15) is 57.8 Å². The molecule has 0 saturated carbocycles. The maximum absolute atomic E-state index is 4.60. The van der Waals surface area contributed by atoms with E-state index in [0.29, 0.717) is 6.04 Å². The molecule has 1 N–H and O–H groups in total. The molecule has 5 heteroatoms. The molecule has 0 aliphatic carbocycles. The number of aryl methyl sites for hydroxylation is 1. The molecule has 2 aromatic rings. The summed E-state index contributed by atoms with van der Waals surface area (Å²) in [5.41, 5.74) is 1.05. The van der Waals surface area contributed by atoms with Crippen LogP contribution < -0.4 is 0 Å². The van der Waals surface area contributed by atoms with Gasteiger partial charge in [0, 0.05) is 31.4 Å². The SMILES string of the molecule is CCCCc1ncc(-c2nccn2C2CCCN(CCC)C2)[nH]1. The fraction of sp³-hybridized carbons (Fsp3) is 0.667. The fourth-order valence-electron chi connectivity index (χ4n) is 3.54. The second-order valence-electron chi connectivity index (χ2n) is 6.60. The van der Waals surface area contributed by atoms with Gasteiger partial charge in [0.05, 0.1) is 6.20 Å². The minimum atomic E-state index is 0.523. The molecule has 0 aromatic carbocycles. The van der Waals surface area contributed by atoms with Crippen LogP contribution in [0.4, 0.5) is 0 Å². The third kappa shape index (κ3) is 3.83. The lowest BCUT2D eigenvalue weighted by atomic mass is 10.1. The van der Waals surface area contributed by atoms with Crippen molar-refractivity contribution in [2.24, 2.45) is 0 Å². The summed E-state index contributed by atoms with van der Waals surface area (Å²) >= 11 is 0. The topological polar surface area (TPSA) is 49.7 Å². The highest BCUT2D eigenvalue weighted by atomic mass is 15.2. The van der Waals surface area contributed by atoms with Gasteiger partial charge in [-0.05, 0) is 38.8 Å². The zero-order valence-corrected chi connectivity index (χ0v) is 14.5. The van der Waals surface area contributed by atoms with Crippen LogP contribution in [0.15, 0.2) is 18.6 Å². The second-order valence-corrected chi connectivity index (χ2v) is 6.60. The number of aromatic nitrogens is 4. The number of rotatable bonds is 7. The average molecular weight is 315 g/mol. The van der Waals surface area contributed by atoms with E-state index in [4.69, 9.17) is 0 Å². The molecule has 1 unspecified atom stereocenters. The minimum absolute atomic E-state index is 0.523. The highest BCUT2D eigenvalue weighted by Gasteiger charge is 2.23. The van der Waals surface area contributed by atoms with Crippen molar-refractivity contribution < 1.29 is 0 Å². The number of H-pyrrole nitrogens is 1. The van der Waals surface area contributed by atoms with E-state index < -0.39 is 0 Å². The Balaban J connectivity index is 1.75. The first-order valence-corrected chi connectivity index (χ1v) is 9.11. The van der Waals surface area contributed by atoms with Gasteiger partial charge in [-0.1, -0.05) is 20.3 Å². The summed E-state index contributed by atoms with van der Waals surface area (Å²) in [6.45, 7) is 8.04. The number of unbranched alkanes of at least 4 members (excludes halogenated alkanes) is 1. The summed E-state index contributed by atoms with van der Waals surface area (Å²) in [5, 5.41) is 0. The van der Waals surface area contributed by atoms with Crippen LogP contribution >= 0.6 is 0 Å². The molecule has 3 rings (SSSR count). The van der Waals surface area contributed by atoms with E-state index in [9.17, 15) is 0 Å². The van der Waals surface area contributed by atoms with Crippen LogP contribution in [0.3, 0.4) is 0 Å². The third-order valence-electron chi connectivity index (χ3n) is 4.72. The standard InChI is InChI=1S/C18H29N5/c1-3-5-8-17-20-13-16(21-17)18-19-9-12-23(18)15-7-6-11-22(14-15)10-4-2/h9,12-13,15H,3-8,10-11,14H2,1-2H3,(H,20,21). The molecule has 1 saturated heterocycles. The van der Waals surface area contributed by atoms with Crippen molar-refractivity contribution in [3.05, 3.63) is 24.4 Å². The summed E-state index contributed by atoms with van der Waals surface area (Å²) in [6.07, 6.45) is 13.1. The van der Waals surface area contributed by atoms with Crippen molar-refractivity contribution in [1.82, 2.24) is 24.4 Å². The maximum atomic E-state index is 4.60. The van der Waals surface area contributed by atoms with Crippen LogP contribution in [-0.2, 0) is 6.42 Å². The molecule has 5 nitrogen and oxygen atoms in total. The number of likely N-dealkylation sites (tertiary alicyclic amines) is 1. The van der Waals surface area contributed by atoms with Crippen LogP contribution in [0, 0.1) is 0 Å². The Labute approximate surface area is 139 Å². The number of hydrogen-bond acceptors (Lipinski definition) is 3. The lowest BCUT2D eigenvalue weighted by molar-refractivity contribution is 0.178. The first-order valence-electron chi connectivity index (χ1n) is 9.11. The lowest BCUT2D eigenvalue weighted by Crippen LogP contribution is -2.37. The Hall–Kier alpha value is -1.62. The molecule has 23 heavy (non-hydrogen) atoms. The van der Waals surface area contributed by atoms with E-state index in [1.807, 2.05) is 12.4 Å².